The minimum Gasteiger partial charge on any atom is -0.359 e. The lowest BCUT2D eigenvalue weighted by Crippen LogP contribution is -2.32. The van der Waals surface area contributed by atoms with Gasteiger partial charge in [0, 0.05) is 13.5 Å². The number of hydrogen-bond donors (Lipinski definition) is 1. The van der Waals surface area contributed by atoms with Crippen molar-refractivity contribution in [3.05, 3.63) is 0 Å². The lowest BCUT2D eigenvalue weighted by atomic mass is 9.93. The van der Waals surface area contributed by atoms with Gasteiger partial charge in [-0.1, -0.05) is 0 Å². The molecule has 0 aliphatic carbocycles. The fourth-order valence-corrected chi connectivity index (χ4v) is 1.63. The number of likely N-dealkylation sites (tertiary alicyclic amines) is 1. The molecule has 0 saturated carbocycles. The minimum atomic E-state index is 0.185. The molecular weight excluding hydrogens is 152 g/mol. The molecule has 0 aromatic carbocycles. The highest BCUT2D eigenvalue weighted by Crippen LogP contribution is 2.18. The van der Waals surface area contributed by atoms with Gasteiger partial charge in [0.1, 0.15) is 0 Å². The third-order valence-corrected chi connectivity index (χ3v) is 2.59. The Bertz CT molecular complexity index is 151. The quantitative estimate of drug-likeness (QED) is 0.653. The van der Waals surface area contributed by atoms with E-state index in [4.69, 9.17) is 0 Å². The SMILES string of the molecule is CNC(=O)CC1CCN(C)CC1. The molecule has 1 saturated heterocycles. The van der Waals surface area contributed by atoms with E-state index in [0.29, 0.717) is 12.3 Å². The number of piperidine rings is 1. The summed E-state index contributed by atoms with van der Waals surface area (Å²) in [4.78, 5) is 13.4. The Hall–Kier alpha value is -0.570. The Morgan fingerprint density at radius 3 is 2.58 bits per heavy atom. The Kier molecular flexibility index (Phi) is 3.53. The lowest BCUT2D eigenvalue weighted by Gasteiger charge is -2.28. The van der Waals surface area contributed by atoms with Crippen LogP contribution in [0.2, 0.25) is 0 Å². The van der Waals surface area contributed by atoms with Crippen LogP contribution >= 0.6 is 0 Å². The number of carbonyl (C=O) groups is 1. The van der Waals surface area contributed by atoms with Crippen LogP contribution in [0.4, 0.5) is 0 Å². The number of carbonyl (C=O) groups excluding carboxylic acids is 1. The van der Waals surface area contributed by atoms with Crippen LogP contribution in [-0.2, 0) is 4.79 Å². The topological polar surface area (TPSA) is 32.3 Å². The summed E-state index contributed by atoms with van der Waals surface area (Å²) in [6, 6.07) is 0. The van der Waals surface area contributed by atoms with Gasteiger partial charge in [0.2, 0.25) is 5.91 Å². The highest BCUT2D eigenvalue weighted by molar-refractivity contribution is 5.75. The molecule has 0 atom stereocenters. The molecule has 3 nitrogen and oxygen atoms in total. The van der Waals surface area contributed by atoms with E-state index in [0.717, 1.165) is 13.1 Å². The number of rotatable bonds is 2. The molecule has 1 fully saturated rings. The Labute approximate surface area is 74.1 Å². The maximum Gasteiger partial charge on any atom is 0.220 e. The van der Waals surface area contributed by atoms with E-state index < -0.39 is 0 Å². The average Bonchev–Trinajstić information content (AvgIpc) is 2.09. The minimum absolute atomic E-state index is 0.185. The van der Waals surface area contributed by atoms with Crippen molar-refractivity contribution < 1.29 is 4.79 Å². The second-order valence-corrected chi connectivity index (χ2v) is 3.62. The molecule has 0 unspecified atom stereocenters. The molecule has 1 aliphatic rings. The molecule has 0 spiro atoms. The highest BCUT2D eigenvalue weighted by atomic mass is 16.1. The van der Waals surface area contributed by atoms with Gasteiger partial charge in [-0.15, -0.1) is 0 Å². The van der Waals surface area contributed by atoms with E-state index in [2.05, 4.69) is 17.3 Å². The molecule has 0 radical (unpaired) electrons. The maximum atomic E-state index is 11.0. The molecule has 1 amide bonds. The number of hydrogen-bond acceptors (Lipinski definition) is 2. The fraction of sp³-hybridized carbons (Fsp3) is 0.889. The second kappa shape index (κ2) is 4.45. The molecule has 1 N–H and O–H groups in total. The van der Waals surface area contributed by atoms with Crippen molar-refractivity contribution in [2.75, 3.05) is 27.2 Å². The predicted molar refractivity (Wildman–Crippen MR) is 48.9 cm³/mol. The van der Waals surface area contributed by atoms with Gasteiger partial charge in [-0.05, 0) is 38.9 Å². The largest absolute Gasteiger partial charge is 0.359 e. The van der Waals surface area contributed by atoms with Gasteiger partial charge in [0.15, 0.2) is 0 Å². The van der Waals surface area contributed by atoms with E-state index in [1.807, 2.05) is 0 Å². The van der Waals surface area contributed by atoms with Gasteiger partial charge in [0.25, 0.3) is 0 Å². The third-order valence-electron chi connectivity index (χ3n) is 2.59. The standard InChI is InChI=1S/C9H18N2O/c1-10-9(12)7-8-3-5-11(2)6-4-8/h8H,3-7H2,1-2H3,(H,10,12). The zero-order valence-electron chi connectivity index (χ0n) is 7.97. The maximum absolute atomic E-state index is 11.0. The first kappa shape index (κ1) is 9.52. The first-order chi connectivity index (χ1) is 5.72. The predicted octanol–water partition coefficient (Wildman–Crippen LogP) is 0.464. The number of nitrogens with zero attached hydrogens (tertiary/aromatic N) is 1. The number of nitrogens with one attached hydrogen (secondary N) is 1. The Balaban J connectivity index is 2.21. The molecule has 3 heteroatoms. The Morgan fingerprint density at radius 2 is 2.08 bits per heavy atom. The summed E-state index contributed by atoms with van der Waals surface area (Å²) in [6.07, 6.45) is 3.05. The lowest BCUT2D eigenvalue weighted by molar-refractivity contribution is -0.121. The Morgan fingerprint density at radius 1 is 1.50 bits per heavy atom. The van der Waals surface area contributed by atoms with Crippen molar-refractivity contribution in [3.8, 4) is 0 Å². The average molecular weight is 170 g/mol. The van der Waals surface area contributed by atoms with Gasteiger partial charge in [-0.25, -0.2) is 0 Å². The van der Waals surface area contributed by atoms with Crippen molar-refractivity contribution in [3.63, 3.8) is 0 Å². The van der Waals surface area contributed by atoms with E-state index in [9.17, 15) is 4.79 Å². The monoisotopic (exact) mass is 170 g/mol. The summed E-state index contributed by atoms with van der Waals surface area (Å²) in [5, 5.41) is 2.67. The molecule has 1 aliphatic heterocycles. The third kappa shape index (κ3) is 2.81. The molecule has 0 aromatic heterocycles. The van der Waals surface area contributed by atoms with Gasteiger partial charge >= 0.3 is 0 Å². The first-order valence-electron chi connectivity index (χ1n) is 4.61. The molecule has 70 valence electrons. The van der Waals surface area contributed by atoms with E-state index in [1.54, 1.807) is 7.05 Å². The van der Waals surface area contributed by atoms with Gasteiger partial charge in [-0.3, -0.25) is 4.79 Å². The van der Waals surface area contributed by atoms with Crippen LogP contribution in [0.3, 0.4) is 0 Å². The summed E-state index contributed by atoms with van der Waals surface area (Å²) in [5.41, 5.74) is 0. The zero-order valence-corrected chi connectivity index (χ0v) is 7.97. The van der Waals surface area contributed by atoms with Crippen LogP contribution in [-0.4, -0.2) is 38.0 Å². The normalized spacial score (nSPS) is 20.8. The summed E-state index contributed by atoms with van der Waals surface area (Å²) < 4.78 is 0. The molecular formula is C9H18N2O. The van der Waals surface area contributed by atoms with Crippen molar-refractivity contribution in [2.45, 2.75) is 19.3 Å². The molecule has 0 bridgehead atoms. The van der Waals surface area contributed by atoms with Crippen LogP contribution in [0.5, 0.6) is 0 Å². The highest BCUT2D eigenvalue weighted by Gasteiger charge is 2.18. The number of amides is 1. The van der Waals surface area contributed by atoms with Crippen molar-refractivity contribution in [2.24, 2.45) is 5.92 Å². The summed E-state index contributed by atoms with van der Waals surface area (Å²) in [7, 11) is 3.84. The van der Waals surface area contributed by atoms with Crippen molar-refractivity contribution in [1.82, 2.24) is 10.2 Å². The smallest absolute Gasteiger partial charge is 0.220 e. The molecule has 1 rings (SSSR count). The van der Waals surface area contributed by atoms with Gasteiger partial charge in [-0.2, -0.15) is 0 Å². The molecule has 12 heavy (non-hydrogen) atoms. The van der Waals surface area contributed by atoms with Crippen LogP contribution in [0.25, 0.3) is 0 Å². The van der Waals surface area contributed by atoms with E-state index >= 15 is 0 Å². The van der Waals surface area contributed by atoms with Crippen LogP contribution in [0.1, 0.15) is 19.3 Å². The van der Waals surface area contributed by atoms with Crippen LogP contribution in [0, 0.1) is 5.92 Å². The van der Waals surface area contributed by atoms with E-state index in [-0.39, 0.29) is 5.91 Å². The van der Waals surface area contributed by atoms with Crippen LogP contribution in [0.15, 0.2) is 0 Å². The van der Waals surface area contributed by atoms with Crippen molar-refractivity contribution in [1.29, 1.82) is 0 Å². The van der Waals surface area contributed by atoms with Crippen LogP contribution < -0.4 is 5.32 Å². The fourth-order valence-electron chi connectivity index (χ4n) is 1.63. The zero-order chi connectivity index (χ0) is 8.97. The van der Waals surface area contributed by atoms with Gasteiger partial charge in [0.05, 0.1) is 0 Å². The van der Waals surface area contributed by atoms with Crippen molar-refractivity contribution >= 4 is 5.91 Å². The first-order valence-corrected chi connectivity index (χ1v) is 4.61. The summed E-state index contributed by atoms with van der Waals surface area (Å²) >= 11 is 0. The van der Waals surface area contributed by atoms with E-state index in [1.165, 1.54) is 12.8 Å². The molecule has 0 aromatic rings. The summed E-state index contributed by atoms with van der Waals surface area (Å²) in [6.45, 7) is 2.28. The molecule has 1 heterocycles. The van der Waals surface area contributed by atoms with Gasteiger partial charge < -0.3 is 10.2 Å². The second-order valence-electron chi connectivity index (χ2n) is 3.62. The summed E-state index contributed by atoms with van der Waals surface area (Å²) in [5.74, 6) is 0.797.